The van der Waals surface area contributed by atoms with Crippen LogP contribution in [0.15, 0.2) is 0 Å². The Hall–Kier alpha value is -1.52. The van der Waals surface area contributed by atoms with Gasteiger partial charge in [-0.25, -0.2) is 0 Å². The molecule has 1 heterocycles. The highest BCUT2D eigenvalue weighted by atomic mass is 16.2. The van der Waals surface area contributed by atoms with Gasteiger partial charge < -0.3 is 10.6 Å². The third-order valence-electron chi connectivity index (χ3n) is 3.49. The zero-order valence-corrected chi connectivity index (χ0v) is 12.0. The number of hydrogen-bond donors (Lipinski definition) is 1. The summed E-state index contributed by atoms with van der Waals surface area (Å²) in [6.45, 7) is 8.61. The van der Waals surface area contributed by atoms with Crippen molar-refractivity contribution in [1.82, 2.24) is 14.7 Å². The van der Waals surface area contributed by atoms with Gasteiger partial charge in [-0.05, 0) is 26.7 Å². The quantitative estimate of drug-likeness (QED) is 0.872. The van der Waals surface area contributed by atoms with Crippen molar-refractivity contribution >= 4 is 11.6 Å². The lowest BCUT2D eigenvalue weighted by atomic mass is 10.1. The van der Waals surface area contributed by atoms with E-state index in [1.807, 2.05) is 20.9 Å². The predicted octanol–water partition coefficient (Wildman–Crippen LogP) is 2.05. The Labute approximate surface area is 109 Å². The maximum absolute atomic E-state index is 12.5. The molecule has 0 bridgehead atoms. The van der Waals surface area contributed by atoms with Crippen LogP contribution in [0, 0.1) is 6.92 Å². The highest BCUT2D eigenvalue weighted by Crippen LogP contribution is 2.20. The van der Waals surface area contributed by atoms with Gasteiger partial charge in [-0.3, -0.25) is 9.48 Å². The molecule has 1 aromatic rings. The minimum absolute atomic E-state index is 0.0383. The van der Waals surface area contributed by atoms with E-state index in [1.54, 1.807) is 9.58 Å². The monoisotopic (exact) mass is 252 g/mol. The lowest BCUT2D eigenvalue weighted by molar-refractivity contribution is 0.0712. The number of aromatic nitrogens is 2. The fourth-order valence-corrected chi connectivity index (χ4v) is 2.22. The molecule has 0 aliphatic carbocycles. The Morgan fingerprint density at radius 3 is 2.39 bits per heavy atom. The van der Waals surface area contributed by atoms with Crippen molar-refractivity contribution < 1.29 is 4.79 Å². The van der Waals surface area contributed by atoms with E-state index in [4.69, 9.17) is 5.73 Å². The molecular formula is C13H24N4O. The van der Waals surface area contributed by atoms with Crippen LogP contribution in [0.2, 0.25) is 0 Å². The summed E-state index contributed by atoms with van der Waals surface area (Å²) in [7, 11) is 1.84. The van der Waals surface area contributed by atoms with E-state index in [1.165, 1.54) is 0 Å². The number of rotatable bonds is 5. The first-order chi connectivity index (χ1) is 8.47. The zero-order chi connectivity index (χ0) is 13.9. The summed E-state index contributed by atoms with van der Waals surface area (Å²) in [4.78, 5) is 14.3. The molecule has 0 spiro atoms. The van der Waals surface area contributed by atoms with Gasteiger partial charge in [0.15, 0.2) is 0 Å². The summed E-state index contributed by atoms with van der Waals surface area (Å²) < 4.78 is 1.69. The Morgan fingerprint density at radius 2 is 1.94 bits per heavy atom. The van der Waals surface area contributed by atoms with Crippen molar-refractivity contribution in [2.75, 3.05) is 12.8 Å². The van der Waals surface area contributed by atoms with E-state index < -0.39 is 0 Å². The normalized spacial score (nSPS) is 11.0. The largest absolute Gasteiger partial charge is 0.395 e. The Kier molecular flexibility index (Phi) is 4.76. The molecule has 0 radical (unpaired) electrons. The highest BCUT2D eigenvalue weighted by molar-refractivity contribution is 5.98. The average molecular weight is 252 g/mol. The third-order valence-corrected chi connectivity index (χ3v) is 3.49. The molecule has 1 aromatic heterocycles. The summed E-state index contributed by atoms with van der Waals surface area (Å²) in [6.07, 6.45) is 1.88. The van der Waals surface area contributed by atoms with E-state index in [0.717, 1.165) is 18.5 Å². The number of hydrogen-bond acceptors (Lipinski definition) is 3. The number of amides is 1. The molecule has 0 saturated heterocycles. The van der Waals surface area contributed by atoms with E-state index in [9.17, 15) is 4.79 Å². The average Bonchev–Trinajstić information content (AvgIpc) is 2.65. The molecule has 0 aromatic carbocycles. The van der Waals surface area contributed by atoms with Gasteiger partial charge in [0, 0.05) is 19.6 Å². The van der Waals surface area contributed by atoms with Crippen LogP contribution in [-0.4, -0.2) is 33.7 Å². The molecule has 5 heteroatoms. The van der Waals surface area contributed by atoms with Gasteiger partial charge in [0.2, 0.25) is 0 Å². The van der Waals surface area contributed by atoms with Crippen molar-refractivity contribution in [3.63, 3.8) is 0 Å². The number of nitrogens with two attached hydrogens (primary N) is 1. The fraction of sp³-hybridized carbons (Fsp3) is 0.692. The van der Waals surface area contributed by atoms with Crippen LogP contribution in [-0.2, 0) is 6.54 Å². The molecule has 1 amide bonds. The molecular weight excluding hydrogens is 228 g/mol. The summed E-state index contributed by atoms with van der Waals surface area (Å²) in [5.41, 5.74) is 7.71. The molecule has 102 valence electrons. The van der Waals surface area contributed by atoms with Crippen molar-refractivity contribution in [2.45, 2.75) is 53.1 Å². The topological polar surface area (TPSA) is 64.2 Å². The van der Waals surface area contributed by atoms with Crippen LogP contribution < -0.4 is 5.73 Å². The van der Waals surface area contributed by atoms with Crippen LogP contribution in [0.4, 0.5) is 5.69 Å². The van der Waals surface area contributed by atoms with Gasteiger partial charge in [-0.1, -0.05) is 13.8 Å². The van der Waals surface area contributed by atoms with Gasteiger partial charge in [0.25, 0.3) is 5.91 Å². The van der Waals surface area contributed by atoms with Crippen LogP contribution in [0.3, 0.4) is 0 Å². The van der Waals surface area contributed by atoms with Gasteiger partial charge in [-0.15, -0.1) is 0 Å². The molecule has 0 unspecified atom stereocenters. The first-order valence-corrected chi connectivity index (χ1v) is 6.57. The smallest absolute Gasteiger partial charge is 0.274 e. The molecule has 1 rings (SSSR count). The first-order valence-electron chi connectivity index (χ1n) is 6.57. The summed E-state index contributed by atoms with van der Waals surface area (Å²) in [6, 6.07) is 0.248. The third kappa shape index (κ3) is 2.49. The molecule has 0 fully saturated rings. The minimum atomic E-state index is -0.0383. The van der Waals surface area contributed by atoms with E-state index in [2.05, 4.69) is 18.9 Å². The second kappa shape index (κ2) is 5.89. The number of aryl methyl sites for hydroxylation is 2. The van der Waals surface area contributed by atoms with Crippen molar-refractivity contribution in [3.8, 4) is 0 Å². The summed E-state index contributed by atoms with van der Waals surface area (Å²) in [5, 5.41) is 4.29. The lowest BCUT2D eigenvalue weighted by Gasteiger charge is -2.26. The highest BCUT2D eigenvalue weighted by Gasteiger charge is 2.25. The predicted molar refractivity (Wildman–Crippen MR) is 73.5 cm³/mol. The molecule has 0 aliphatic rings. The summed E-state index contributed by atoms with van der Waals surface area (Å²) >= 11 is 0. The Balaban J connectivity index is 3.10. The Bertz CT molecular complexity index is 421. The van der Waals surface area contributed by atoms with Gasteiger partial charge in [-0.2, -0.15) is 5.10 Å². The van der Waals surface area contributed by atoms with Crippen LogP contribution >= 0.6 is 0 Å². The Morgan fingerprint density at radius 1 is 1.39 bits per heavy atom. The van der Waals surface area contributed by atoms with Crippen molar-refractivity contribution in [1.29, 1.82) is 0 Å². The standard InChI is InChI=1S/C13H24N4O/c1-6-10(7-2)16(5)13(18)12-11(14)9(4)15-17(12)8-3/h10H,6-8,14H2,1-5H3. The zero-order valence-electron chi connectivity index (χ0n) is 12.0. The van der Waals surface area contributed by atoms with Gasteiger partial charge in [0.05, 0.1) is 11.4 Å². The molecule has 0 saturated carbocycles. The summed E-state index contributed by atoms with van der Waals surface area (Å²) in [5.74, 6) is -0.0383. The second-order valence-corrected chi connectivity index (χ2v) is 4.55. The molecule has 0 atom stereocenters. The van der Waals surface area contributed by atoms with E-state index >= 15 is 0 Å². The number of nitrogens with zero attached hydrogens (tertiary/aromatic N) is 3. The van der Waals surface area contributed by atoms with Crippen LogP contribution in [0.5, 0.6) is 0 Å². The second-order valence-electron chi connectivity index (χ2n) is 4.55. The first kappa shape index (κ1) is 14.5. The number of carbonyl (C=O) groups is 1. The lowest BCUT2D eigenvalue weighted by Crippen LogP contribution is -2.37. The maximum Gasteiger partial charge on any atom is 0.274 e. The van der Waals surface area contributed by atoms with Crippen molar-refractivity contribution in [3.05, 3.63) is 11.4 Å². The van der Waals surface area contributed by atoms with Gasteiger partial charge >= 0.3 is 0 Å². The van der Waals surface area contributed by atoms with E-state index in [0.29, 0.717) is 17.9 Å². The number of carbonyl (C=O) groups excluding carboxylic acids is 1. The van der Waals surface area contributed by atoms with E-state index in [-0.39, 0.29) is 11.9 Å². The minimum Gasteiger partial charge on any atom is -0.395 e. The fourth-order valence-electron chi connectivity index (χ4n) is 2.22. The maximum atomic E-state index is 12.5. The van der Waals surface area contributed by atoms with Crippen LogP contribution in [0.1, 0.15) is 49.8 Å². The van der Waals surface area contributed by atoms with Gasteiger partial charge in [0.1, 0.15) is 5.69 Å². The molecule has 0 aliphatic heterocycles. The molecule has 18 heavy (non-hydrogen) atoms. The molecule has 2 N–H and O–H groups in total. The number of nitrogen functional groups attached to an aromatic ring is 1. The van der Waals surface area contributed by atoms with Crippen molar-refractivity contribution in [2.24, 2.45) is 0 Å². The SMILES string of the molecule is CCC(CC)N(C)C(=O)c1c(N)c(C)nn1CC. The number of anilines is 1. The molecule has 5 nitrogen and oxygen atoms in total. The van der Waals surface area contributed by atoms with Crippen LogP contribution in [0.25, 0.3) is 0 Å².